The van der Waals surface area contributed by atoms with Gasteiger partial charge in [0.05, 0.1) is 7.11 Å². The molecular formula is C16H20O3. The van der Waals surface area contributed by atoms with E-state index in [0.717, 1.165) is 12.8 Å². The van der Waals surface area contributed by atoms with Gasteiger partial charge in [-0.1, -0.05) is 30.1 Å². The average molecular weight is 260 g/mol. The van der Waals surface area contributed by atoms with Crippen LogP contribution in [0.15, 0.2) is 24.3 Å². The molecule has 0 fully saturated rings. The molecule has 1 N–H and O–H groups in total. The molecule has 1 atom stereocenters. The van der Waals surface area contributed by atoms with Gasteiger partial charge in [0, 0.05) is 12.8 Å². The van der Waals surface area contributed by atoms with E-state index in [0.29, 0.717) is 19.3 Å². The van der Waals surface area contributed by atoms with Crippen molar-refractivity contribution in [3.63, 3.8) is 0 Å². The molecule has 0 aliphatic heterocycles. The Morgan fingerprint density at radius 3 is 2.95 bits per heavy atom. The van der Waals surface area contributed by atoms with E-state index in [1.165, 1.54) is 7.11 Å². The second-order valence-electron chi connectivity index (χ2n) is 3.80. The van der Waals surface area contributed by atoms with Crippen molar-refractivity contribution in [1.82, 2.24) is 0 Å². The number of allylic oxidation sites excluding steroid dienone is 4. The number of hydrogen-bond donors (Lipinski definition) is 1. The summed E-state index contributed by atoms with van der Waals surface area (Å²) in [5, 5.41) is 9.51. The van der Waals surface area contributed by atoms with Gasteiger partial charge in [-0.2, -0.15) is 0 Å². The van der Waals surface area contributed by atoms with Crippen molar-refractivity contribution in [1.29, 1.82) is 0 Å². The number of unbranched alkanes of at least 4 members (excludes halogenated alkanes) is 1. The third-order valence-corrected chi connectivity index (χ3v) is 2.22. The molecule has 0 amide bonds. The number of methoxy groups -OCH3 is 1. The Labute approximate surface area is 115 Å². The molecule has 102 valence electrons. The molecule has 0 aromatic heterocycles. The van der Waals surface area contributed by atoms with Gasteiger partial charge in [0.2, 0.25) is 0 Å². The Morgan fingerprint density at radius 2 is 2.26 bits per heavy atom. The first-order valence-electron chi connectivity index (χ1n) is 6.21. The zero-order valence-corrected chi connectivity index (χ0v) is 11.3. The minimum Gasteiger partial charge on any atom is -0.469 e. The van der Waals surface area contributed by atoms with Crippen LogP contribution in [0.4, 0.5) is 0 Å². The summed E-state index contributed by atoms with van der Waals surface area (Å²) in [5.74, 6) is 7.70. The topological polar surface area (TPSA) is 46.5 Å². The molecule has 3 heteroatoms. The SMILES string of the molecule is C#CCC/C=C/C=C/C#C[C@@H](O)CCCC(=O)OC. The van der Waals surface area contributed by atoms with Crippen LogP contribution in [-0.4, -0.2) is 24.3 Å². The molecular weight excluding hydrogens is 240 g/mol. The van der Waals surface area contributed by atoms with E-state index in [1.54, 1.807) is 12.2 Å². The Balaban J connectivity index is 3.76. The number of aliphatic hydroxyl groups excluding tert-OH is 1. The molecule has 0 saturated heterocycles. The van der Waals surface area contributed by atoms with Crippen molar-refractivity contribution in [2.45, 2.75) is 38.2 Å². The van der Waals surface area contributed by atoms with E-state index in [2.05, 4.69) is 22.5 Å². The predicted molar refractivity (Wildman–Crippen MR) is 76.0 cm³/mol. The first-order valence-corrected chi connectivity index (χ1v) is 6.21. The van der Waals surface area contributed by atoms with E-state index in [-0.39, 0.29) is 5.97 Å². The van der Waals surface area contributed by atoms with Crippen LogP contribution in [0, 0.1) is 24.2 Å². The van der Waals surface area contributed by atoms with Crippen LogP contribution in [0.25, 0.3) is 0 Å². The standard InChI is InChI=1S/C16H20O3/c1-3-4-5-6-7-8-9-10-12-15(17)13-11-14-16(18)19-2/h1,6-9,15,17H,4-5,11,13-14H2,2H3/b7-6+,9-8+/t15-/m1/s1. The van der Waals surface area contributed by atoms with Gasteiger partial charge in [-0.3, -0.25) is 4.79 Å². The number of aliphatic hydroxyl groups is 1. The summed E-state index contributed by atoms with van der Waals surface area (Å²) in [6.07, 6.45) is 14.6. The zero-order valence-electron chi connectivity index (χ0n) is 11.3. The highest BCUT2D eigenvalue weighted by atomic mass is 16.5. The summed E-state index contributed by atoms with van der Waals surface area (Å²) in [5.41, 5.74) is 0. The Morgan fingerprint density at radius 1 is 1.47 bits per heavy atom. The number of rotatable bonds is 7. The average Bonchev–Trinajstić information content (AvgIpc) is 2.41. The van der Waals surface area contributed by atoms with Crippen LogP contribution in [0.5, 0.6) is 0 Å². The zero-order chi connectivity index (χ0) is 14.3. The lowest BCUT2D eigenvalue weighted by atomic mass is 10.1. The predicted octanol–water partition coefficient (Wildman–Crippen LogP) is 2.22. The highest BCUT2D eigenvalue weighted by molar-refractivity contribution is 5.68. The van der Waals surface area contributed by atoms with Crippen LogP contribution in [-0.2, 0) is 9.53 Å². The normalized spacial score (nSPS) is 11.8. The molecule has 0 unspecified atom stereocenters. The minimum absolute atomic E-state index is 0.267. The van der Waals surface area contributed by atoms with Crippen molar-refractivity contribution in [3.05, 3.63) is 24.3 Å². The Kier molecular flexibility index (Phi) is 11.2. The van der Waals surface area contributed by atoms with Crippen LogP contribution < -0.4 is 0 Å². The fourth-order valence-electron chi connectivity index (χ4n) is 1.20. The molecule has 0 radical (unpaired) electrons. The summed E-state index contributed by atoms with van der Waals surface area (Å²) in [6.45, 7) is 0. The highest BCUT2D eigenvalue weighted by Crippen LogP contribution is 2.01. The van der Waals surface area contributed by atoms with Crippen LogP contribution in [0.1, 0.15) is 32.1 Å². The van der Waals surface area contributed by atoms with Crippen molar-refractivity contribution < 1.29 is 14.6 Å². The summed E-state index contributed by atoms with van der Waals surface area (Å²) in [6, 6.07) is 0. The molecule has 0 heterocycles. The molecule has 0 aromatic carbocycles. The monoisotopic (exact) mass is 260 g/mol. The van der Waals surface area contributed by atoms with Crippen LogP contribution >= 0.6 is 0 Å². The van der Waals surface area contributed by atoms with Gasteiger partial charge < -0.3 is 9.84 Å². The van der Waals surface area contributed by atoms with Crippen molar-refractivity contribution in [3.8, 4) is 24.2 Å². The molecule has 19 heavy (non-hydrogen) atoms. The maximum absolute atomic E-state index is 10.8. The molecule has 0 aliphatic rings. The van der Waals surface area contributed by atoms with E-state index in [4.69, 9.17) is 6.42 Å². The number of ether oxygens (including phenoxy) is 1. The van der Waals surface area contributed by atoms with Crippen molar-refractivity contribution >= 4 is 5.97 Å². The molecule has 0 aromatic rings. The lowest BCUT2D eigenvalue weighted by molar-refractivity contribution is -0.140. The van der Waals surface area contributed by atoms with Crippen LogP contribution in [0.2, 0.25) is 0 Å². The highest BCUT2D eigenvalue weighted by Gasteiger charge is 2.03. The molecule has 0 aliphatic carbocycles. The Hall–Kier alpha value is -1.97. The first kappa shape index (κ1) is 17.0. The number of carbonyl (C=O) groups excluding carboxylic acids is 1. The summed E-state index contributed by atoms with van der Waals surface area (Å²) in [7, 11) is 1.35. The van der Waals surface area contributed by atoms with Crippen molar-refractivity contribution in [2.24, 2.45) is 0 Å². The van der Waals surface area contributed by atoms with Gasteiger partial charge in [-0.25, -0.2) is 0 Å². The smallest absolute Gasteiger partial charge is 0.305 e. The second-order valence-corrected chi connectivity index (χ2v) is 3.80. The van der Waals surface area contributed by atoms with Crippen molar-refractivity contribution in [2.75, 3.05) is 7.11 Å². The summed E-state index contributed by atoms with van der Waals surface area (Å²) < 4.78 is 4.50. The molecule has 0 saturated carbocycles. The minimum atomic E-state index is -0.709. The van der Waals surface area contributed by atoms with E-state index >= 15 is 0 Å². The maximum atomic E-state index is 10.8. The maximum Gasteiger partial charge on any atom is 0.305 e. The van der Waals surface area contributed by atoms with E-state index in [9.17, 15) is 9.90 Å². The molecule has 0 rings (SSSR count). The Bertz CT molecular complexity index is 402. The van der Waals surface area contributed by atoms with Gasteiger partial charge >= 0.3 is 5.97 Å². The van der Waals surface area contributed by atoms with Crippen LogP contribution in [0.3, 0.4) is 0 Å². The third kappa shape index (κ3) is 12.3. The number of hydrogen-bond acceptors (Lipinski definition) is 3. The summed E-state index contributed by atoms with van der Waals surface area (Å²) in [4.78, 5) is 10.8. The van der Waals surface area contributed by atoms with E-state index < -0.39 is 6.10 Å². The molecule has 0 bridgehead atoms. The largest absolute Gasteiger partial charge is 0.469 e. The van der Waals surface area contributed by atoms with E-state index in [1.807, 2.05) is 12.2 Å². The number of carbonyl (C=O) groups is 1. The lowest BCUT2D eigenvalue weighted by Gasteiger charge is -2.01. The van der Waals surface area contributed by atoms with Gasteiger partial charge in [0.1, 0.15) is 6.10 Å². The molecule has 0 spiro atoms. The van der Waals surface area contributed by atoms with Gasteiger partial charge in [0.25, 0.3) is 0 Å². The molecule has 3 nitrogen and oxygen atoms in total. The fourth-order valence-corrected chi connectivity index (χ4v) is 1.20. The second kappa shape index (κ2) is 12.5. The quantitative estimate of drug-likeness (QED) is 0.330. The summed E-state index contributed by atoms with van der Waals surface area (Å²) >= 11 is 0. The first-order chi connectivity index (χ1) is 9.20. The number of esters is 1. The lowest BCUT2D eigenvalue weighted by Crippen LogP contribution is -2.05. The third-order valence-electron chi connectivity index (χ3n) is 2.22. The fraction of sp³-hybridized carbons (Fsp3) is 0.438. The van der Waals surface area contributed by atoms with Gasteiger partial charge in [0.15, 0.2) is 0 Å². The number of terminal acetylenes is 1. The van der Waals surface area contributed by atoms with Gasteiger partial charge in [-0.15, -0.1) is 12.3 Å². The van der Waals surface area contributed by atoms with Gasteiger partial charge in [-0.05, 0) is 25.3 Å².